The van der Waals surface area contributed by atoms with Gasteiger partial charge in [0.25, 0.3) is 0 Å². The number of esters is 3. The number of unbranched alkanes of at least 4 members (excludes halogenated alkanes) is 24. The lowest BCUT2D eigenvalue weighted by molar-refractivity contribution is -0.301. The van der Waals surface area contributed by atoms with Crippen LogP contribution in [0.1, 0.15) is 239 Å². The maximum atomic E-state index is 13.1. The fraction of sp³-hybridized carbons (Fsp3) is 0.789. The highest BCUT2D eigenvalue weighted by Gasteiger charge is 2.50. The van der Waals surface area contributed by atoms with E-state index in [1.54, 1.807) is 0 Å². The number of hydrogen-bond acceptors (Lipinski definition) is 11. The van der Waals surface area contributed by atoms with Gasteiger partial charge < -0.3 is 39.0 Å². The van der Waals surface area contributed by atoms with Crippen LogP contribution in [-0.4, -0.2) is 89.2 Å². The molecular formula is C57H98O12. The molecule has 0 aliphatic carbocycles. The van der Waals surface area contributed by atoms with Crippen LogP contribution in [0, 0.1) is 0 Å². The molecule has 0 spiro atoms. The highest BCUT2D eigenvalue weighted by molar-refractivity contribution is 5.74. The second-order valence-electron chi connectivity index (χ2n) is 18.8. The molecule has 1 aliphatic heterocycles. The van der Waals surface area contributed by atoms with E-state index >= 15 is 0 Å². The van der Waals surface area contributed by atoms with Crippen LogP contribution in [0.5, 0.6) is 0 Å². The molecule has 0 saturated carbocycles. The van der Waals surface area contributed by atoms with Gasteiger partial charge in [-0.15, -0.1) is 0 Å². The fourth-order valence-electron chi connectivity index (χ4n) is 8.14. The number of carbonyl (C=O) groups excluding carboxylic acids is 3. The zero-order chi connectivity index (χ0) is 50.4. The smallest absolute Gasteiger partial charge is 0.335 e. The molecule has 3 N–H and O–H groups in total. The molecular weight excluding hydrogens is 877 g/mol. The average Bonchev–Trinajstić information content (AvgIpc) is 3.33. The van der Waals surface area contributed by atoms with Gasteiger partial charge in [0.05, 0.1) is 6.61 Å². The second-order valence-corrected chi connectivity index (χ2v) is 18.8. The minimum atomic E-state index is -1.90. The normalized spacial score (nSPS) is 19.0. The molecule has 6 unspecified atom stereocenters. The Morgan fingerprint density at radius 3 is 1.42 bits per heavy atom. The largest absolute Gasteiger partial charge is 0.479 e. The van der Waals surface area contributed by atoms with Crippen molar-refractivity contribution in [3.8, 4) is 0 Å². The van der Waals surface area contributed by atoms with Gasteiger partial charge in [0.15, 0.2) is 24.6 Å². The fourth-order valence-corrected chi connectivity index (χ4v) is 8.14. The van der Waals surface area contributed by atoms with Crippen LogP contribution in [0.15, 0.2) is 48.6 Å². The second kappa shape index (κ2) is 45.8. The summed E-state index contributed by atoms with van der Waals surface area (Å²) in [7, 11) is 0. The highest BCUT2D eigenvalue weighted by Crippen LogP contribution is 2.26. The SMILES string of the molecule is CC/C=C\C/C=C\C/C=C\CCCCCCCCCC(=O)OCC(COC1OC(C(=O)O)C(O)C(O)C1OC(=O)CCCCCCCCCCC)OC(=O)CCCCCCC/C=C\CCCCCC. The number of hydrogen-bond donors (Lipinski definition) is 3. The van der Waals surface area contributed by atoms with Crippen LogP contribution in [-0.2, 0) is 42.9 Å². The molecule has 1 aliphatic rings. The van der Waals surface area contributed by atoms with Gasteiger partial charge in [-0.1, -0.05) is 191 Å². The zero-order valence-electron chi connectivity index (χ0n) is 43.6. The Hall–Kier alpha value is -3.32. The molecule has 0 aromatic rings. The van der Waals surface area contributed by atoms with Gasteiger partial charge in [0.1, 0.15) is 18.8 Å². The van der Waals surface area contributed by atoms with Gasteiger partial charge in [-0.2, -0.15) is 0 Å². The summed E-state index contributed by atoms with van der Waals surface area (Å²) in [4.78, 5) is 50.9. The summed E-state index contributed by atoms with van der Waals surface area (Å²) in [6.45, 7) is 5.81. The number of allylic oxidation sites excluding steroid dienone is 8. The molecule has 6 atom stereocenters. The Morgan fingerprint density at radius 2 is 0.913 bits per heavy atom. The van der Waals surface area contributed by atoms with E-state index in [0.717, 1.165) is 116 Å². The van der Waals surface area contributed by atoms with E-state index in [1.807, 2.05) is 0 Å². The van der Waals surface area contributed by atoms with Crippen LogP contribution in [0.25, 0.3) is 0 Å². The van der Waals surface area contributed by atoms with Crippen LogP contribution in [0.2, 0.25) is 0 Å². The average molecular weight is 975 g/mol. The summed E-state index contributed by atoms with van der Waals surface area (Å²) < 4.78 is 28.3. The van der Waals surface area contributed by atoms with Gasteiger partial charge in [-0.25, -0.2) is 4.79 Å². The van der Waals surface area contributed by atoms with Crippen LogP contribution in [0.4, 0.5) is 0 Å². The number of aliphatic hydroxyl groups excluding tert-OH is 2. The number of aliphatic hydroxyl groups is 2. The van der Waals surface area contributed by atoms with Crippen molar-refractivity contribution in [1.82, 2.24) is 0 Å². The molecule has 12 nitrogen and oxygen atoms in total. The van der Waals surface area contributed by atoms with E-state index in [4.69, 9.17) is 23.7 Å². The lowest BCUT2D eigenvalue weighted by Crippen LogP contribution is -2.61. The van der Waals surface area contributed by atoms with Crippen LogP contribution >= 0.6 is 0 Å². The van der Waals surface area contributed by atoms with Gasteiger partial charge >= 0.3 is 23.9 Å². The van der Waals surface area contributed by atoms with Crippen molar-refractivity contribution in [2.75, 3.05) is 13.2 Å². The molecule has 1 saturated heterocycles. The molecule has 12 heteroatoms. The van der Waals surface area contributed by atoms with Crippen molar-refractivity contribution in [2.24, 2.45) is 0 Å². The van der Waals surface area contributed by atoms with E-state index in [1.165, 1.54) is 64.2 Å². The molecule has 0 radical (unpaired) electrons. The predicted octanol–water partition coefficient (Wildman–Crippen LogP) is 13.4. The molecule has 69 heavy (non-hydrogen) atoms. The first-order valence-corrected chi connectivity index (χ1v) is 27.6. The van der Waals surface area contributed by atoms with Crippen molar-refractivity contribution in [3.05, 3.63) is 48.6 Å². The summed E-state index contributed by atoms with van der Waals surface area (Å²) in [5.41, 5.74) is 0. The molecule has 0 aromatic carbocycles. The Bertz CT molecular complexity index is 1390. The van der Waals surface area contributed by atoms with E-state index < -0.39 is 67.3 Å². The van der Waals surface area contributed by atoms with Crippen LogP contribution < -0.4 is 0 Å². The van der Waals surface area contributed by atoms with E-state index in [2.05, 4.69) is 69.4 Å². The Kier molecular flexibility index (Phi) is 42.3. The van der Waals surface area contributed by atoms with Crippen LogP contribution in [0.3, 0.4) is 0 Å². The highest BCUT2D eigenvalue weighted by atomic mass is 16.7. The molecule has 1 heterocycles. The van der Waals surface area contributed by atoms with Crippen molar-refractivity contribution in [2.45, 2.75) is 276 Å². The number of rotatable bonds is 46. The lowest BCUT2D eigenvalue weighted by atomic mass is 9.98. The maximum Gasteiger partial charge on any atom is 0.335 e. The number of ether oxygens (including phenoxy) is 5. The first-order valence-electron chi connectivity index (χ1n) is 27.6. The molecule has 0 amide bonds. The third-order valence-electron chi connectivity index (χ3n) is 12.4. The standard InChI is InChI=1S/C57H98O12/c1-4-7-10-13-16-19-21-23-24-25-26-28-29-32-34-37-40-43-49(58)65-46-48(67-50(59)44-41-38-36-33-30-27-22-20-17-14-11-8-5-2)47-66-57-55(53(62)52(61)54(69-57)56(63)64)68-51(60)45-42-39-35-31-18-15-12-9-6-3/h7,10,16,19-20,22-24,48,52-55,57,61-62H,4-6,8-9,11-15,17-18,21,25-47H2,1-3H3,(H,63,64)/b10-7-,19-16-,22-20-,24-23-. The van der Waals surface area contributed by atoms with Crippen molar-refractivity contribution >= 4 is 23.9 Å². The summed E-state index contributed by atoms with van der Waals surface area (Å²) in [5, 5.41) is 31.3. The summed E-state index contributed by atoms with van der Waals surface area (Å²) in [6.07, 6.45) is 41.0. The first kappa shape index (κ1) is 63.7. The zero-order valence-corrected chi connectivity index (χ0v) is 43.6. The van der Waals surface area contributed by atoms with Crippen molar-refractivity contribution in [3.63, 3.8) is 0 Å². The van der Waals surface area contributed by atoms with E-state index in [-0.39, 0.29) is 25.9 Å². The topological polar surface area (TPSA) is 175 Å². The number of carbonyl (C=O) groups is 4. The van der Waals surface area contributed by atoms with Gasteiger partial charge in [0, 0.05) is 19.3 Å². The minimum Gasteiger partial charge on any atom is -0.479 e. The Balaban J connectivity index is 2.70. The molecule has 1 rings (SSSR count). The molecule has 0 bridgehead atoms. The summed E-state index contributed by atoms with van der Waals surface area (Å²) in [5.74, 6) is -3.14. The minimum absolute atomic E-state index is 0.0604. The lowest BCUT2D eigenvalue weighted by Gasteiger charge is -2.40. The third-order valence-corrected chi connectivity index (χ3v) is 12.4. The summed E-state index contributed by atoms with van der Waals surface area (Å²) in [6, 6.07) is 0. The van der Waals surface area contributed by atoms with Gasteiger partial charge in [-0.05, 0) is 77.0 Å². The molecule has 398 valence electrons. The summed E-state index contributed by atoms with van der Waals surface area (Å²) >= 11 is 0. The quantitative estimate of drug-likeness (QED) is 0.0228. The van der Waals surface area contributed by atoms with Gasteiger partial charge in [0.2, 0.25) is 0 Å². The Labute approximate surface area is 418 Å². The maximum absolute atomic E-state index is 13.1. The van der Waals surface area contributed by atoms with Crippen molar-refractivity contribution < 1.29 is 58.2 Å². The number of carboxylic acids is 1. The number of carboxylic acid groups (broad SMARTS) is 1. The third kappa shape index (κ3) is 36.3. The van der Waals surface area contributed by atoms with Gasteiger partial charge in [-0.3, -0.25) is 14.4 Å². The predicted molar refractivity (Wildman–Crippen MR) is 276 cm³/mol. The molecule has 0 aromatic heterocycles. The monoisotopic (exact) mass is 975 g/mol. The number of aliphatic carboxylic acids is 1. The van der Waals surface area contributed by atoms with E-state index in [0.29, 0.717) is 19.3 Å². The van der Waals surface area contributed by atoms with E-state index in [9.17, 15) is 34.5 Å². The molecule has 1 fully saturated rings. The Morgan fingerprint density at radius 1 is 0.493 bits per heavy atom. The van der Waals surface area contributed by atoms with Crippen molar-refractivity contribution in [1.29, 1.82) is 0 Å². The first-order chi connectivity index (χ1) is 33.6.